The number of esters is 1. The molecule has 0 saturated carbocycles. The van der Waals surface area contributed by atoms with Gasteiger partial charge in [0, 0.05) is 16.8 Å². The van der Waals surface area contributed by atoms with Crippen molar-refractivity contribution >= 4 is 17.6 Å². The lowest BCUT2D eigenvalue weighted by atomic mass is 9.95. The molecule has 0 fully saturated rings. The number of aromatic amines is 1. The summed E-state index contributed by atoms with van der Waals surface area (Å²) in [6.07, 6.45) is 0. The van der Waals surface area contributed by atoms with Crippen molar-refractivity contribution in [2.45, 2.75) is 13.0 Å². The van der Waals surface area contributed by atoms with Crippen LogP contribution >= 0.6 is 0 Å². The van der Waals surface area contributed by atoms with E-state index < -0.39 is 12.0 Å². The van der Waals surface area contributed by atoms with Crippen LogP contribution < -0.4 is 14.4 Å². The van der Waals surface area contributed by atoms with Crippen LogP contribution in [0.2, 0.25) is 0 Å². The molecule has 0 aliphatic carbocycles. The monoisotopic (exact) mass is 499 g/mol. The third-order valence-electron chi connectivity index (χ3n) is 6.31. The van der Waals surface area contributed by atoms with E-state index in [1.54, 1.807) is 55.3 Å². The van der Waals surface area contributed by atoms with E-state index in [0.29, 0.717) is 39.5 Å². The number of nitrogens with zero attached hydrogens (tertiary/aromatic N) is 2. The largest absolute Gasteiger partial charge is 0.504 e. The van der Waals surface area contributed by atoms with Crippen LogP contribution in [-0.4, -0.2) is 48.0 Å². The smallest absolute Gasteiger partial charge is 0.338 e. The standard InChI is InChI=1S/C28H25N3O6/c1-4-37-28(34)17-5-10-19(11-6-17)31-26(18-9-14-21(32)22(15-18)36-3)23-24(29-30-25(23)27(31)33)16-7-12-20(35-2)13-8-16/h5-15,26,32H,4H2,1-3H3,(H,29,30). The van der Waals surface area contributed by atoms with E-state index in [2.05, 4.69) is 10.2 Å². The van der Waals surface area contributed by atoms with Gasteiger partial charge in [-0.25, -0.2) is 4.79 Å². The zero-order chi connectivity index (χ0) is 26.1. The molecule has 4 aromatic rings. The van der Waals surface area contributed by atoms with Crippen LogP contribution in [0, 0.1) is 0 Å². The van der Waals surface area contributed by atoms with Crippen molar-refractivity contribution in [3.63, 3.8) is 0 Å². The molecule has 1 atom stereocenters. The Morgan fingerprint density at radius 1 is 1.03 bits per heavy atom. The highest BCUT2D eigenvalue weighted by Gasteiger charge is 2.43. The van der Waals surface area contributed by atoms with Gasteiger partial charge in [0.2, 0.25) is 0 Å². The third kappa shape index (κ3) is 4.14. The van der Waals surface area contributed by atoms with E-state index in [0.717, 1.165) is 5.56 Å². The van der Waals surface area contributed by atoms with Gasteiger partial charge < -0.3 is 19.3 Å². The fraction of sp³-hybridized carbons (Fsp3) is 0.179. The molecule has 1 aliphatic heterocycles. The maximum Gasteiger partial charge on any atom is 0.338 e. The fourth-order valence-electron chi connectivity index (χ4n) is 4.53. The number of ether oxygens (including phenoxy) is 3. The summed E-state index contributed by atoms with van der Waals surface area (Å²) < 4.78 is 15.7. The molecule has 0 saturated heterocycles. The maximum atomic E-state index is 13.7. The summed E-state index contributed by atoms with van der Waals surface area (Å²) in [6.45, 7) is 2.01. The molecule has 9 nitrogen and oxygen atoms in total. The second-order valence-electron chi connectivity index (χ2n) is 8.37. The summed E-state index contributed by atoms with van der Waals surface area (Å²) in [6, 6.07) is 18.5. The number of nitrogens with one attached hydrogen (secondary N) is 1. The van der Waals surface area contributed by atoms with Gasteiger partial charge in [0.1, 0.15) is 11.4 Å². The number of hydrogen-bond acceptors (Lipinski definition) is 7. The molecule has 1 unspecified atom stereocenters. The molecular formula is C28H25N3O6. The summed E-state index contributed by atoms with van der Waals surface area (Å²) in [7, 11) is 3.07. The number of aromatic hydroxyl groups is 1. The molecule has 0 radical (unpaired) electrons. The second kappa shape index (κ2) is 9.69. The molecule has 0 spiro atoms. The van der Waals surface area contributed by atoms with Crippen LogP contribution in [0.15, 0.2) is 66.7 Å². The summed E-state index contributed by atoms with van der Waals surface area (Å²) in [5, 5.41) is 17.6. The first-order chi connectivity index (χ1) is 18.0. The molecule has 37 heavy (non-hydrogen) atoms. The van der Waals surface area contributed by atoms with E-state index in [4.69, 9.17) is 14.2 Å². The van der Waals surface area contributed by atoms with Crippen LogP contribution in [0.5, 0.6) is 17.2 Å². The Morgan fingerprint density at radius 2 is 1.76 bits per heavy atom. The lowest BCUT2D eigenvalue weighted by Crippen LogP contribution is -2.29. The van der Waals surface area contributed by atoms with Gasteiger partial charge in [-0.1, -0.05) is 6.07 Å². The number of aromatic nitrogens is 2. The van der Waals surface area contributed by atoms with Gasteiger partial charge in [-0.05, 0) is 73.2 Å². The summed E-state index contributed by atoms with van der Waals surface area (Å²) >= 11 is 0. The number of carbonyl (C=O) groups is 2. The van der Waals surface area contributed by atoms with Crippen molar-refractivity contribution in [3.8, 4) is 28.5 Å². The number of fused-ring (bicyclic) bond motifs is 1. The second-order valence-corrected chi connectivity index (χ2v) is 8.37. The predicted octanol–water partition coefficient (Wildman–Crippen LogP) is 4.73. The SMILES string of the molecule is CCOC(=O)c1ccc(N2C(=O)c3[nH]nc(-c4ccc(OC)cc4)c3C2c2ccc(O)c(OC)c2)cc1. The maximum absolute atomic E-state index is 13.7. The number of anilines is 1. The molecule has 9 heteroatoms. The minimum Gasteiger partial charge on any atom is -0.504 e. The first-order valence-electron chi connectivity index (χ1n) is 11.7. The van der Waals surface area contributed by atoms with Gasteiger partial charge in [0.05, 0.1) is 38.1 Å². The van der Waals surface area contributed by atoms with Crippen molar-refractivity contribution in [2.75, 3.05) is 25.7 Å². The number of phenolic OH excluding ortho intramolecular Hbond substituents is 1. The zero-order valence-electron chi connectivity index (χ0n) is 20.5. The van der Waals surface area contributed by atoms with Crippen LogP contribution in [0.3, 0.4) is 0 Å². The minimum absolute atomic E-state index is 0.0105. The molecule has 1 aliphatic rings. The van der Waals surface area contributed by atoms with Crippen LogP contribution in [-0.2, 0) is 4.74 Å². The highest BCUT2D eigenvalue weighted by molar-refractivity contribution is 6.12. The topological polar surface area (TPSA) is 114 Å². The average Bonchev–Trinajstić information content (AvgIpc) is 3.48. The highest BCUT2D eigenvalue weighted by atomic mass is 16.5. The van der Waals surface area contributed by atoms with Gasteiger partial charge >= 0.3 is 5.97 Å². The minimum atomic E-state index is -0.582. The third-order valence-corrected chi connectivity index (χ3v) is 6.31. The quantitative estimate of drug-likeness (QED) is 0.354. The number of carbonyl (C=O) groups excluding carboxylic acids is 2. The van der Waals surface area contributed by atoms with Crippen LogP contribution in [0.25, 0.3) is 11.3 Å². The first kappa shape index (κ1) is 23.9. The molecule has 5 rings (SSSR count). The Bertz CT molecular complexity index is 1460. The molecule has 1 amide bonds. The Labute approximate surface area is 213 Å². The normalized spacial score (nSPS) is 14.4. The molecular weight excluding hydrogens is 474 g/mol. The van der Waals surface area contributed by atoms with Crippen molar-refractivity contribution in [1.82, 2.24) is 10.2 Å². The van der Waals surface area contributed by atoms with E-state index in [1.165, 1.54) is 13.2 Å². The molecule has 1 aromatic heterocycles. The average molecular weight is 500 g/mol. The van der Waals surface area contributed by atoms with Crippen molar-refractivity contribution in [1.29, 1.82) is 0 Å². The molecule has 3 aromatic carbocycles. The van der Waals surface area contributed by atoms with Gasteiger partial charge in [0.25, 0.3) is 5.91 Å². The Balaban J connectivity index is 1.65. The van der Waals surface area contributed by atoms with Crippen molar-refractivity contribution < 1.29 is 28.9 Å². The number of H-pyrrole nitrogens is 1. The lowest BCUT2D eigenvalue weighted by Gasteiger charge is -2.27. The van der Waals surface area contributed by atoms with E-state index in [1.807, 2.05) is 24.3 Å². The van der Waals surface area contributed by atoms with Crippen molar-refractivity contribution in [2.24, 2.45) is 0 Å². The Morgan fingerprint density at radius 3 is 2.41 bits per heavy atom. The number of amides is 1. The summed E-state index contributed by atoms with van der Waals surface area (Å²) in [4.78, 5) is 27.5. The predicted molar refractivity (Wildman–Crippen MR) is 136 cm³/mol. The highest BCUT2D eigenvalue weighted by Crippen LogP contribution is 2.46. The van der Waals surface area contributed by atoms with E-state index >= 15 is 0 Å². The zero-order valence-corrected chi connectivity index (χ0v) is 20.5. The molecule has 2 N–H and O–H groups in total. The van der Waals surface area contributed by atoms with E-state index in [-0.39, 0.29) is 24.0 Å². The number of rotatable bonds is 7. The van der Waals surface area contributed by atoms with Crippen LogP contribution in [0.4, 0.5) is 5.69 Å². The Hall–Kier alpha value is -4.79. The lowest BCUT2D eigenvalue weighted by molar-refractivity contribution is 0.0526. The first-order valence-corrected chi connectivity index (χ1v) is 11.7. The van der Waals surface area contributed by atoms with Crippen LogP contribution in [0.1, 0.15) is 44.9 Å². The van der Waals surface area contributed by atoms with Gasteiger partial charge in [-0.2, -0.15) is 5.10 Å². The van der Waals surface area contributed by atoms with E-state index in [9.17, 15) is 14.7 Å². The fourth-order valence-corrected chi connectivity index (χ4v) is 4.53. The van der Waals surface area contributed by atoms with Gasteiger partial charge in [-0.3, -0.25) is 14.8 Å². The number of phenols is 1. The van der Waals surface area contributed by atoms with Gasteiger partial charge in [0.15, 0.2) is 11.5 Å². The summed E-state index contributed by atoms with van der Waals surface area (Å²) in [5.41, 5.74) is 4.16. The van der Waals surface area contributed by atoms with Crippen molar-refractivity contribution in [3.05, 3.63) is 89.1 Å². The summed E-state index contributed by atoms with van der Waals surface area (Å²) in [5.74, 6) is 0.269. The van der Waals surface area contributed by atoms with Gasteiger partial charge in [-0.15, -0.1) is 0 Å². The Kier molecular flexibility index (Phi) is 6.27. The molecule has 2 heterocycles. The molecule has 188 valence electrons. The number of methoxy groups -OCH3 is 2. The number of hydrogen-bond donors (Lipinski definition) is 2. The molecule has 0 bridgehead atoms. The number of benzene rings is 3.